The maximum Gasteiger partial charge on any atom is 0.433 e. The van der Waals surface area contributed by atoms with Crippen LogP contribution in [0.3, 0.4) is 0 Å². The highest BCUT2D eigenvalue weighted by atomic mass is 35.5. The van der Waals surface area contributed by atoms with Gasteiger partial charge >= 0.3 is 5.88 Å². The Morgan fingerprint density at radius 2 is 2.28 bits per heavy atom. The zero-order chi connectivity index (χ0) is 12.4. The first kappa shape index (κ1) is 14.5. The van der Waals surface area contributed by atoms with Crippen LogP contribution in [-0.4, -0.2) is 34.9 Å². The third kappa shape index (κ3) is 2.99. The lowest BCUT2D eigenvalue weighted by atomic mass is 10.1. The second-order valence-electron chi connectivity index (χ2n) is 4.05. The van der Waals surface area contributed by atoms with Gasteiger partial charge in [-0.1, -0.05) is 0 Å². The molecule has 1 saturated heterocycles. The number of halogens is 1. The van der Waals surface area contributed by atoms with Crippen LogP contribution in [0.1, 0.15) is 23.4 Å². The number of hydrogen-bond donors (Lipinski definition) is 1. The van der Waals surface area contributed by atoms with Gasteiger partial charge in [0, 0.05) is 19.1 Å². The zero-order valence-corrected chi connectivity index (χ0v) is 10.4. The Balaban J connectivity index is 0.00000162. The van der Waals surface area contributed by atoms with Crippen LogP contribution in [0.25, 0.3) is 0 Å². The number of hydrogen-bond acceptors (Lipinski definition) is 5. The summed E-state index contributed by atoms with van der Waals surface area (Å²) in [7, 11) is 0. The molecule has 0 spiro atoms. The first-order valence-corrected chi connectivity index (χ1v) is 5.37. The molecule has 0 saturated carbocycles. The van der Waals surface area contributed by atoms with Crippen LogP contribution in [0.5, 0.6) is 0 Å². The molecule has 2 rings (SSSR count). The Bertz CT molecular complexity index is 448. The van der Waals surface area contributed by atoms with Gasteiger partial charge in [-0.2, -0.15) is 0 Å². The van der Waals surface area contributed by atoms with E-state index in [0.717, 1.165) is 12.8 Å². The van der Waals surface area contributed by atoms with Crippen molar-refractivity contribution in [1.29, 1.82) is 0 Å². The SMILES string of the molecule is Cl.NC1CCCN(C(=O)c2ccc([N+](=O)[O-])o2)C1. The minimum Gasteiger partial charge on any atom is -0.395 e. The summed E-state index contributed by atoms with van der Waals surface area (Å²) in [6, 6.07) is 2.47. The number of rotatable bonds is 2. The normalized spacial score (nSPS) is 19.2. The molecule has 1 aromatic rings. The van der Waals surface area contributed by atoms with Crippen molar-refractivity contribution in [2.75, 3.05) is 13.1 Å². The highest BCUT2D eigenvalue weighted by molar-refractivity contribution is 5.91. The molecule has 0 aliphatic carbocycles. The van der Waals surface area contributed by atoms with Crippen molar-refractivity contribution in [2.45, 2.75) is 18.9 Å². The monoisotopic (exact) mass is 275 g/mol. The lowest BCUT2D eigenvalue weighted by Gasteiger charge is -2.29. The molecule has 8 heteroatoms. The number of nitrogens with zero attached hydrogens (tertiary/aromatic N) is 2. The molecule has 1 amide bonds. The molecule has 100 valence electrons. The third-order valence-corrected chi connectivity index (χ3v) is 2.73. The average molecular weight is 276 g/mol. The van der Waals surface area contributed by atoms with Crippen LogP contribution in [0.15, 0.2) is 16.5 Å². The Morgan fingerprint density at radius 3 is 2.83 bits per heavy atom. The number of furan rings is 1. The van der Waals surface area contributed by atoms with Crippen molar-refractivity contribution < 1.29 is 14.1 Å². The Morgan fingerprint density at radius 1 is 1.56 bits per heavy atom. The summed E-state index contributed by atoms with van der Waals surface area (Å²) in [4.78, 5) is 23.3. The van der Waals surface area contributed by atoms with Crippen LogP contribution < -0.4 is 5.73 Å². The summed E-state index contributed by atoms with van der Waals surface area (Å²) in [5.74, 6) is -0.770. The van der Waals surface area contributed by atoms with Crippen molar-refractivity contribution in [1.82, 2.24) is 4.90 Å². The van der Waals surface area contributed by atoms with E-state index in [9.17, 15) is 14.9 Å². The van der Waals surface area contributed by atoms with Crippen molar-refractivity contribution >= 4 is 24.2 Å². The highest BCUT2D eigenvalue weighted by Crippen LogP contribution is 2.19. The van der Waals surface area contributed by atoms with E-state index >= 15 is 0 Å². The summed E-state index contributed by atoms with van der Waals surface area (Å²) < 4.78 is 4.86. The van der Waals surface area contributed by atoms with E-state index in [0.29, 0.717) is 13.1 Å². The number of carbonyl (C=O) groups excluding carboxylic acids is 1. The Labute approximate surface area is 109 Å². The van der Waals surface area contributed by atoms with Gasteiger partial charge in [0.15, 0.2) is 5.76 Å². The molecular formula is C10H14ClN3O4. The fraction of sp³-hybridized carbons (Fsp3) is 0.500. The van der Waals surface area contributed by atoms with E-state index in [1.165, 1.54) is 12.1 Å². The van der Waals surface area contributed by atoms with E-state index in [-0.39, 0.29) is 30.1 Å². The summed E-state index contributed by atoms with van der Waals surface area (Å²) in [6.07, 6.45) is 1.73. The predicted octanol–water partition coefficient (Wildman–Crippen LogP) is 1.17. The molecule has 1 fully saturated rings. The minimum atomic E-state index is -0.668. The first-order valence-electron chi connectivity index (χ1n) is 5.37. The molecule has 1 atom stereocenters. The van der Waals surface area contributed by atoms with E-state index in [4.69, 9.17) is 10.2 Å². The van der Waals surface area contributed by atoms with Gasteiger partial charge in [-0.25, -0.2) is 0 Å². The topological polar surface area (TPSA) is 103 Å². The van der Waals surface area contributed by atoms with Crippen LogP contribution in [0, 0.1) is 10.1 Å². The van der Waals surface area contributed by atoms with Crippen molar-refractivity contribution in [2.24, 2.45) is 5.73 Å². The molecule has 1 aliphatic heterocycles. The lowest BCUT2D eigenvalue weighted by molar-refractivity contribution is -0.402. The molecule has 2 N–H and O–H groups in total. The quantitative estimate of drug-likeness (QED) is 0.645. The Kier molecular flexibility index (Phi) is 4.69. The average Bonchev–Trinajstić information content (AvgIpc) is 2.77. The van der Waals surface area contributed by atoms with Crippen LogP contribution in [0.4, 0.5) is 5.88 Å². The van der Waals surface area contributed by atoms with Gasteiger partial charge in [0.1, 0.15) is 4.92 Å². The van der Waals surface area contributed by atoms with Gasteiger partial charge < -0.3 is 15.1 Å². The van der Waals surface area contributed by atoms with E-state index in [1.54, 1.807) is 4.90 Å². The highest BCUT2D eigenvalue weighted by Gasteiger charge is 2.26. The number of piperidine rings is 1. The number of carbonyl (C=O) groups is 1. The molecule has 18 heavy (non-hydrogen) atoms. The third-order valence-electron chi connectivity index (χ3n) is 2.73. The summed E-state index contributed by atoms with van der Waals surface area (Å²) in [5.41, 5.74) is 5.76. The second kappa shape index (κ2) is 5.83. The molecule has 2 heterocycles. The van der Waals surface area contributed by atoms with Gasteiger partial charge in [-0.15, -0.1) is 12.4 Å². The number of amides is 1. The summed E-state index contributed by atoms with van der Waals surface area (Å²) in [5, 5.41) is 10.4. The minimum absolute atomic E-state index is 0. The molecule has 0 aromatic carbocycles. The van der Waals surface area contributed by atoms with Crippen molar-refractivity contribution in [3.63, 3.8) is 0 Å². The van der Waals surface area contributed by atoms with Crippen molar-refractivity contribution in [3.8, 4) is 0 Å². The molecule has 1 aliphatic rings. The van der Waals surface area contributed by atoms with E-state index in [2.05, 4.69) is 0 Å². The van der Waals surface area contributed by atoms with E-state index < -0.39 is 10.8 Å². The molecule has 0 bridgehead atoms. The summed E-state index contributed by atoms with van der Waals surface area (Å²) in [6.45, 7) is 1.08. The van der Waals surface area contributed by atoms with Gasteiger partial charge in [0.2, 0.25) is 0 Å². The van der Waals surface area contributed by atoms with Gasteiger partial charge in [-0.05, 0) is 18.9 Å². The van der Waals surface area contributed by atoms with Crippen LogP contribution in [-0.2, 0) is 0 Å². The molecular weight excluding hydrogens is 262 g/mol. The molecule has 0 radical (unpaired) electrons. The maximum atomic E-state index is 11.9. The van der Waals surface area contributed by atoms with Gasteiger partial charge in [0.25, 0.3) is 5.91 Å². The zero-order valence-electron chi connectivity index (χ0n) is 9.57. The fourth-order valence-electron chi connectivity index (χ4n) is 1.89. The van der Waals surface area contributed by atoms with Crippen LogP contribution >= 0.6 is 12.4 Å². The largest absolute Gasteiger partial charge is 0.433 e. The lowest BCUT2D eigenvalue weighted by Crippen LogP contribution is -2.45. The number of nitro groups is 1. The molecule has 1 unspecified atom stereocenters. The standard InChI is InChI=1S/C10H13N3O4.ClH/c11-7-2-1-5-12(6-7)10(14)8-3-4-9(17-8)13(15)16;/h3-4,7H,1-2,5-6,11H2;1H. The van der Waals surface area contributed by atoms with Gasteiger partial charge in [-0.3, -0.25) is 14.9 Å². The predicted molar refractivity (Wildman–Crippen MR) is 65.7 cm³/mol. The second-order valence-corrected chi connectivity index (χ2v) is 4.05. The Hall–Kier alpha value is -1.60. The molecule has 1 aromatic heterocycles. The number of nitrogens with two attached hydrogens (primary N) is 1. The van der Waals surface area contributed by atoms with Crippen molar-refractivity contribution in [3.05, 3.63) is 28.0 Å². The maximum absolute atomic E-state index is 11.9. The summed E-state index contributed by atoms with van der Waals surface area (Å²) >= 11 is 0. The number of likely N-dealkylation sites (tertiary alicyclic amines) is 1. The molecule has 7 nitrogen and oxygen atoms in total. The van der Waals surface area contributed by atoms with Gasteiger partial charge in [0.05, 0.1) is 6.07 Å². The van der Waals surface area contributed by atoms with E-state index in [1.807, 2.05) is 0 Å². The van der Waals surface area contributed by atoms with Crippen LogP contribution in [0.2, 0.25) is 0 Å². The first-order chi connectivity index (χ1) is 8.08. The fourth-order valence-corrected chi connectivity index (χ4v) is 1.89. The smallest absolute Gasteiger partial charge is 0.395 e.